The van der Waals surface area contributed by atoms with Crippen LogP contribution in [-0.2, 0) is 0 Å². The van der Waals surface area contributed by atoms with E-state index in [9.17, 15) is 5.11 Å². The normalized spacial score (nSPS) is 24.4. The highest BCUT2D eigenvalue weighted by molar-refractivity contribution is 9.10. The molecule has 0 aromatic heterocycles. The second kappa shape index (κ2) is 5.47. The largest absolute Gasteiger partial charge is 0.506 e. The number of ether oxygens (including phenoxy) is 1. The summed E-state index contributed by atoms with van der Waals surface area (Å²) in [5, 5.41) is 10.2. The Hall–Kier alpha value is -0.780. The van der Waals surface area contributed by atoms with Crippen molar-refractivity contribution in [3.63, 3.8) is 0 Å². The number of nitrogens with zero attached hydrogens (tertiary/aromatic N) is 1. The molecular formula is C13H19BrN2O2. The van der Waals surface area contributed by atoms with Gasteiger partial charge >= 0.3 is 0 Å². The van der Waals surface area contributed by atoms with Gasteiger partial charge in [0.2, 0.25) is 0 Å². The third-order valence-corrected chi connectivity index (χ3v) is 4.23. The molecule has 100 valence electrons. The van der Waals surface area contributed by atoms with E-state index >= 15 is 0 Å². The first-order chi connectivity index (χ1) is 8.56. The Balaban J connectivity index is 2.35. The van der Waals surface area contributed by atoms with Crippen molar-refractivity contribution in [2.75, 3.05) is 27.2 Å². The lowest BCUT2D eigenvalue weighted by atomic mass is 9.99. The molecule has 1 aromatic carbocycles. The Labute approximate surface area is 116 Å². The molecule has 2 unspecified atom stereocenters. The van der Waals surface area contributed by atoms with Crippen molar-refractivity contribution in [3.8, 4) is 11.5 Å². The Morgan fingerprint density at radius 3 is 2.83 bits per heavy atom. The molecule has 2 atom stereocenters. The third-order valence-electron chi connectivity index (χ3n) is 3.63. The Kier molecular flexibility index (Phi) is 4.14. The summed E-state index contributed by atoms with van der Waals surface area (Å²) in [7, 11) is 3.69. The van der Waals surface area contributed by atoms with Crippen LogP contribution >= 0.6 is 15.9 Å². The number of phenols is 1. The number of methoxy groups -OCH3 is 1. The van der Waals surface area contributed by atoms with Crippen LogP contribution in [0.4, 0.5) is 0 Å². The third kappa shape index (κ3) is 2.48. The fraction of sp³-hybridized carbons (Fsp3) is 0.538. The van der Waals surface area contributed by atoms with Gasteiger partial charge in [-0.05, 0) is 54.0 Å². The fourth-order valence-corrected chi connectivity index (χ4v) is 3.06. The second-order valence-electron chi connectivity index (χ2n) is 4.84. The van der Waals surface area contributed by atoms with E-state index in [2.05, 4.69) is 27.9 Å². The van der Waals surface area contributed by atoms with Gasteiger partial charge in [-0.3, -0.25) is 4.90 Å². The van der Waals surface area contributed by atoms with Crippen LogP contribution in [0, 0.1) is 5.92 Å². The summed E-state index contributed by atoms with van der Waals surface area (Å²) >= 11 is 3.36. The average Bonchev–Trinajstić information content (AvgIpc) is 2.74. The quantitative estimate of drug-likeness (QED) is 0.897. The van der Waals surface area contributed by atoms with Gasteiger partial charge in [0, 0.05) is 18.2 Å². The SMILES string of the molecule is COc1cc(Br)c(O)c(C2CC(CN)CN2C)c1. The highest BCUT2D eigenvalue weighted by atomic mass is 79.9. The van der Waals surface area contributed by atoms with Crippen LogP contribution in [0.5, 0.6) is 11.5 Å². The number of likely N-dealkylation sites (tertiary alicyclic amines) is 1. The second-order valence-corrected chi connectivity index (χ2v) is 5.69. The zero-order valence-corrected chi connectivity index (χ0v) is 12.3. The summed E-state index contributed by atoms with van der Waals surface area (Å²) in [6, 6.07) is 3.87. The molecule has 1 aliphatic heterocycles. The maximum Gasteiger partial charge on any atom is 0.134 e. The Morgan fingerprint density at radius 1 is 1.56 bits per heavy atom. The lowest BCUT2D eigenvalue weighted by Gasteiger charge is -2.21. The summed E-state index contributed by atoms with van der Waals surface area (Å²) < 4.78 is 5.92. The number of phenolic OH excluding ortho intramolecular Hbond substituents is 1. The van der Waals surface area contributed by atoms with E-state index < -0.39 is 0 Å². The molecule has 0 spiro atoms. The van der Waals surface area contributed by atoms with Crippen molar-refractivity contribution in [2.24, 2.45) is 11.7 Å². The molecule has 1 saturated heterocycles. The van der Waals surface area contributed by atoms with Gasteiger partial charge in [-0.2, -0.15) is 0 Å². The molecule has 0 aliphatic carbocycles. The number of halogens is 1. The molecule has 1 aliphatic rings. The average molecular weight is 315 g/mol. The van der Waals surface area contributed by atoms with Gasteiger partial charge in [0.25, 0.3) is 0 Å². The van der Waals surface area contributed by atoms with Crippen molar-refractivity contribution in [2.45, 2.75) is 12.5 Å². The summed E-state index contributed by atoms with van der Waals surface area (Å²) in [4.78, 5) is 2.23. The molecule has 3 N–H and O–H groups in total. The molecular weight excluding hydrogens is 296 g/mol. The summed E-state index contributed by atoms with van der Waals surface area (Å²) in [6.45, 7) is 1.65. The van der Waals surface area contributed by atoms with Gasteiger partial charge < -0.3 is 15.6 Å². The maximum atomic E-state index is 10.2. The van der Waals surface area contributed by atoms with Crippen molar-refractivity contribution in [3.05, 3.63) is 22.2 Å². The smallest absolute Gasteiger partial charge is 0.134 e. The lowest BCUT2D eigenvalue weighted by Crippen LogP contribution is -2.20. The molecule has 0 bridgehead atoms. The minimum Gasteiger partial charge on any atom is -0.506 e. The van der Waals surface area contributed by atoms with Gasteiger partial charge in [0.15, 0.2) is 0 Å². The monoisotopic (exact) mass is 314 g/mol. The van der Waals surface area contributed by atoms with Crippen LogP contribution < -0.4 is 10.5 Å². The number of rotatable bonds is 3. The van der Waals surface area contributed by atoms with Crippen molar-refractivity contribution < 1.29 is 9.84 Å². The first-order valence-corrected chi connectivity index (χ1v) is 6.82. The van der Waals surface area contributed by atoms with Crippen LogP contribution in [-0.4, -0.2) is 37.3 Å². The van der Waals surface area contributed by atoms with Crippen LogP contribution in [0.25, 0.3) is 0 Å². The van der Waals surface area contributed by atoms with Crippen LogP contribution in [0.1, 0.15) is 18.0 Å². The van der Waals surface area contributed by atoms with Crippen molar-refractivity contribution in [1.29, 1.82) is 0 Å². The van der Waals surface area contributed by atoms with Gasteiger partial charge in [-0.1, -0.05) is 0 Å². The molecule has 0 radical (unpaired) electrons. The molecule has 1 aromatic rings. The molecule has 4 nitrogen and oxygen atoms in total. The van der Waals surface area contributed by atoms with Gasteiger partial charge in [-0.25, -0.2) is 0 Å². The summed E-state index contributed by atoms with van der Waals surface area (Å²) in [6.07, 6.45) is 0.972. The predicted octanol–water partition coefficient (Wildman–Crippen LogP) is 2.11. The minimum atomic E-state index is 0.199. The van der Waals surface area contributed by atoms with E-state index in [1.54, 1.807) is 13.2 Å². The van der Waals surface area contributed by atoms with E-state index in [1.807, 2.05) is 6.07 Å². The van der Waals surface area contributed by atoms with Gasteiger partial charge in [0.1, 0.15) is 11.5 Å². The number of nitrogens with two attached hydrogens (primary N) is 1. The van der Waals surface area contributed by atoms with Gasteiger partial charge in [0.05, 0.1) is 11.6 Å². The number of hydrogen-bond donors (Lipinski definition) is 2. The molecule has 5 heteroatoms. The highest BCUT2D eigenvalue weighted by Crippen LogP contribution is 2.42. The van der Waals surface area contributed by atoms with E-state index in [0.717, 1.165) is 24.3 Å². The molecule has 1 fully saturated rings. The van der Waals surface area contributed by atoms with E-state index in [-0.39, 0.29) is 6.04 Å². The van der Waals surface area contributed by atoms with Crippen molar-refractivity contribution in [1.82, 2.24) is 4.90 Å². The Bertz CT molecular complexity index is 439. The zero-order valence-electron chi connectivity index (χ0n) is 10.7. The molecule has 1 heterocycles. The predicted molar refractivity (Wildman–Crippen MR) is 74.9 cm³/mol. The summed E-state index contributed by atoms with van der Waals surface area (Å²) in [5.41, 5.74) is 6.64. The number of benzene rings is 1. The van der Waals surface area contributed by atoms with Crippen molar-refractivity contribution >= 4 is 15.9 Å². The first kappa shape index (κ1) is 13.6. The van der Waals surface area contributed by atoms with E-state index in [0.29, 0.717) is 22.7 Å². The molecule has 2 rings (SSSR count). The Morgan fingerprint density at radius 2 is 2.28 bits per heavy atom. The number of hydrogen-bond acceptors (Lipinski definition) is 4. The van der Waals surface area contributed by atoms with E-state index in [4.69, 9.17) is 10.5 Å². The fourth-order valence-electron chi connectivity index (χ4n) is 2.61. The molecule has 0 amide bonds. The van der Waals surface area contributed by atoms with Crippen LogP contribution in [0.3, 0.4) is 0 Å². The molecule has 18 heavy (non-hydrogen) atoms. The van der Waals surface area contributed by atoms with Crippen LogP contribution in [0.2, 0.25) is 0 Å². The van der Waals surface area contributed by atoms with Crippen LogP contribution in [0.15, 0.2) is 16.6 Å². The van der Waals surface area contributed by atoms with Gasteiger partial charge in [-0.15, -0.1) is 0 Å². The molecule has 0 saturated carbocycles. The lowest BCUT2D eigenvalue weighted by molar-refractivity contribution is 0.304. The topological polar surface area (TPSA) is 58.7 Å². The highest BCUT2D eigenvalue weighted by Gasteiger charge is 2.32. The standard InChI is InChI=1S/C13H19BrN2O2/c1-16-7-8(6-15)3-12(16)10-4-9(18-2)5-11(14)13(10)17/h4-5,8,12,17H,3,6-7,15H2,1-2H3. The summed E-state index contributed by atoms with van der Waals surface area (Å²) in [5.74, 6) is 1.54. The zero-order chi connectivity index (χ0) is 13.3. The van der Waals surface area contributed by atoms with E-state index in [1.165, 1.54) is 0 Å². The minimum absolute atomic E-state index is 0.199. The first-order valence-electron chi connectivity index (χ1n) is 6.03. The number of aromatic hydroxyl groups is 1. The maximum absolute atomic E-state index is 10.2.